The summed E-state index contributed by atoms with van der Waals surface area (Å²) in [5.74, 6) is 0.691. The molecule has 0 spiro atoms. The molecule has 6 heteroatoms. The summed E-state index contributed by atoms with van der Waals surface area (Å²) in [6.45, 7) is 0.530. The van der Waals surface area contributed by atoms with Gasteiger partial charge in [0.1, 0.15) is 5.75 Å². The second-order valence-corrected chi connectivity index (χ2v) is 10.7. The molecule has 0 atom stereocenters. The Hall–Kier alpha value is -4.19. The summed E-state index contributed by atoms with van der Waals surface area (Å²) in [6, 6.07) is 35.8. The number of amides is 1. The van der Waals surface area contributed by atoms with E-state index in [1.54, 1.807) is 18.0 Å². The molecule has 2 heterocycles. The molecule has 0 N–H and O–H groups in total. The van der Waals surface area contributed by atoms with Gasteiger partial charge in [0.25, 0.3) is 5.91 Å². The van der Waals surface area contributed by atoms with Crippen molar-refractivity contribution in [3.05, 3.63) is 136 Å². The Morgan fingerprint density at radius 2 is 1.54 bits per heavy atom. The van der Waals surface area contributed by atoms with Crippen LogP contribution in [0.1, 0.15) is 26.4 Å². The van der Waals surface area contributed by atoms with Gasteiger partial charge >= 0.3 is 0 Å². The van der Waals surface area contributed by atoms with Crippen molar-refractivity contribution in [3.8, 4) is 16.2 Å². The molecule has 0 saturated carbocycles. The molecular weight excluding hydrogens is 524 g/mol. The molecule has 1 amide bonds. The van der Waals surface area contributed by atoms with Crippen LogP contribution in [0.15, 0.2) is 114 Å². The summed E-state index contributed by atoms with van der Waals surface area (Å²) in [4.78, 5) is 21.8. The van der Waals surface area contributed by atoms with Gasteiger partial charge in [-0.2, -0.15) is 0 Å². The Morgan fingerprint density at radius 3 is 2.23 bits per heavy atom. The molecule has 0 aliphatic carbocycles. The average molecular weight is 549 g/mol. The van der Waals surface area contributed by atoms with Crippen molar-refractivity contribution < 1.29 is 9.53 Å². The molecule has 0 fully saturated rings. The lowest BCUT2D eigenvalue weighted by Crippen LogP contribution is -2.25. The smallest absolute Gasteiger partial charge is 0.268 e. The summed E-state index contributed by atoms with van der Waals surface area (Å²) in [7, 11) is 1.76. The van der Waals surface area contributed by atoms with Crippen LogP contribution in [-0.4, -0.2) is 25.3 Å². The highest BCUT2D eigenvalue weighted by Gasteiger charge is 2.24. The van der Waals surface area contributed by atoms with Crippen molar-refractivity contribution in [2.45, 2.75) is 6.42 Å². The Morgan fingerprint density at radius 1 is 0.872 bits per heavy atom. The molecule has 0 radical (unpaired) electrons. The number of anilines is 1. The fourth-order valence-corrected chi connectivity index (χ4v) is 6.20. The van der Waals surface area contributed by atoms with Crippen LogP contribution < -0.4 is 9.64 Å². The Kier molecular flexibility index (Phi) is 7.01. The normalized spacial score (nSPS) is 11.9. The van der Waals surface area contributed by atoms with E-state index in [0.29, 0.717) is 22.2 Å². The number of para-hydroxylation sites is 1. The maximum atomic E-state index is 13.4. The first kappa shape index (κ1) is 25.1. The number of hydrogen-bond donors (Lipinski definition) is 0. The number of fused-ring (bicyclic) bond motifs is 3. The van der Waals surface area contributed by atoms with Gasteiger partial charge in [-0.3, -0.25) is 4.79 Å². The number of aliphatic imine (C=N–C) groups is 1. The lowest BCUT2D eigenvalue weighted by molar-refractivity contribution is 0.0996. The van der Waals surface area contributed by atoms with Crippen molar-refractivity contribution in [1.82, 2.24) is 0 Å². The summed E-state index contributed by atoms with van der Waals surface area (Å²) < 4.78 is 6.18. The third kappa shape index (κ3) is 5.11. The van der Waals surface area contributed by atoms with Crippen LogP contribution in [0.3, 0.4) is 0 Å². The van der Waals surface area contributed by atoms with Crippen molar-refractivity contribution in [1.29, 1.82) is 0 Å². The molecule has 6 rings (SSSR count). The zero-order valence-corrected chi connectivity index (χ0v) is 22.9. The van der Waals surface area contributed by atoms with Crippen LogP contribution in [-0.2, 0) is 6.42 Å². The fraction of sp³-hybridized carbons (Fsp3) is 0.0909. The molecule has 0 saturated heterocycles. The van der Waals surface area contributed by atoms with Gasteiger partial charge in [-0.25, -0.2) is 4.99 Å². The van der Waals surface area contributed by atoms with Gasteiger partial charge < -0.3 is 9.64 Å². The zero-order chi connectivity index (χ0) is 26.8. The molecule has 39 heavy (non-hydrogen) atoms. The molecule has 4 aromatic carbocycles. The van der Waals surface area contributed by atoms with Crippen LogP contribution in [0.5, 0.6) is 5.75 Å². The number of carbonyl (C=O) groups is 1. The maximum Gasteiger partial charge on any atom is 0.268 e. The Balaban J connectivity index is 1.36. The van der Waals surface area contributed by atoms with E-state index in [4.69, 9.17) is 21.3 Å². The van der Waals surface area contributed by atoms with Gasteiger partial charge in [-0.05, 0) is 35.9 Å². The van der Waals surface area contributed by atoms with Crippen molar-refractivity contribution in [2.75, 3.05) is 18.6 Å². The molecule has 0 bridgehead atoms. The van der Waals surface area contributed by atoms with Gasteiger partial charge in [0.05, 0.1) is 33.6 Å². The number of rotatable bonds is 5. The summed E-state index contributed by atoms with van der Waals surface area (Å²) in [5.41, 5.74) is 6.58. The van der Waals surface area contributed by atoms with E-state index in [9.17, 15) is 4.79 Å². The van der Waals surface area contributed by atoms with E-state index in [0.717, 1.165) is 50.7 Å². The van der Waals surface area contributed by atoms with Gasteiger partial charge in [0, 0.05) is 41.1 Å². The van der Waals surface area contributed by atoms with Crippen LogP contribution >= 0.6 is 22.9 Å². The van der Waals surface area contributed by atoms with E-state index in [1.807, 2.05) is 72.8 Å². The van der Waals surface area contributed by atoms with Crippen LogP contribution in [0, 0.1) is 0 Å². The predicted molar refractivity (Wildman–Crippen MR) is 161 cm³/mol. The third-order valence-electron chi connectivity index (χ3n) is 6.71. The first-order valence-corrected chi connectivity index (χ1v) is 13.9. The highest BCUT2D eigenvalue weighted by molar-refractivity contribution is 7.17. The van der Waals surface area contributed by atoms with Crippen molar-refractivity contribution >= 4 is 45.9 Å². The van der Waals surface area contributed by atoms with Crippen LogP contribution in [0.2, 0.25) is 5.02 Å². The fourth-order valence-electron chi connectivity index (χ4n) is 4.72. The average Bonchev–Trinajstić information content (AvgIpc) is 3.32. The van der Waals surface area contributed by atoms with Crippen molar-refractivity contribution in [3.63, 3.8) is 0 Å². The number of ether oxygens (including phenoxy) is 1. The number of nitrogens with zero attached hydrogens (tertiary/aromatic N) is 2. The van der Waals surface area contributed by atoms with Crippen LogP contribution in [0.4, 0.5) is 11.4 Å². The lowest BCUT2D eigenvalue weighted by Gasteiger charge is -2.17. The Bertz CT molecular complexity index is 1640. The first-order chi connectivity index (χ1) is 19.1. The predicted octanol–water partition coefficient (Wildman–Crippen LogP) is 8.45. The van der Waals surface area contributed by atoms with Crippen molar-refractivity contribution in [2.24, 2.45) is 4.99 Å². The monoisotopic (exact) mass is 548 g/mol. The summed E-state index contributed by atoms with van der Waals surface area (Å²) in [5, 5.41) is 0.545. The number of carbonyl (C=O) groups excluding carboxylic acids is 1. The topological polar surface area (TPSA) is 41.9 Å². The van der Waals surface area contributed by atoms with Crippen LogP contribution in [0.25, 0.3) is 10.4 Å². The quantitative estimate of drug-likeness (QED) is 0.207. The molecule has 1 aliphatic heterocycles. The molecule has 0 unspecified atom stereocenters. The maximum absolute atomic E-state index is 13.4. The van der Waals surface area contributed by atoms with Gasteiger partial charge in [-0.15, -0.1) is 11.3 Å². The highest BCUT2D eigenvalue weighted by Crippen LogP contribution is 2.43. The van der Waals surface area contributed by atoms with E-state index in [2.05, 4.69) is 30.3 Å². The van der Waals surface area contributed by atoms with E-state index >= 15 is 0 Å². The summed E-state index contributed by atoms with van der Waals surface area (Å²) >= 11 is 7.84. The lowest BCUT2D eigenvalue weighted by atomic mass is 10.0. The second kappa shape index (κ2) is 10.9. The molecule has 1 aliphatic rings. The van der Waals surface area contributed by atoms with Gasteiger partial charge in [0.15, 0.2) is 0 Å². The van der Waals surface area contributed by atoms with Gasteiger partial charge in [-0.1, -0.05) is 84.4 Å². The first-order valence-electron chi connectivity index (χ1n) is 12.7. The van der Waals surface area contributed by atoms with E-state index in [-0.39, 0.29) is 5.91 Å². The number of thiophene rings is 1. The SMILES string of the molecule is CN(C(=O)c1cc2c(s1)-c1ccc(N=C(c3ccccc3)c3ccccc3)cc1OCC2)c1ccccc1Cl. The minimum absolute atomic E-state index is 0.0831. The molecular formula is C33H25ClN2O2S. The molecule has 4 nitrogen and oxygen atoms in total. The Labute approximate surface area is 236 Å². The molecule has 192 valence electrons. The second-order valence-electron chi connectivity index (χ2n) is 9.25. The summed E-state index contributed by atoms with van der Waals surface area (Å²) in [6.07, 6.45) is 0.724. The molecule has 5 aromatic rings. The minimum Gasteiger partial charge on any atom is -0.492 e. The highest BCUT2D eigenvalue weighted by atomic mass is 35.5. The minimum atomic E-state index is -0.0831. The standard InChI is InChI=1S/C33H25ClN2O2S/c1-36(28-15-9-8-14-27(28)34)33(37)30-20-24-18-19-38-29-21-25(16-17-26(29)32(24)39-30)35-31(22-10-4-2-5-11-22)23-12-6-3-7-13-23/h2-17,20-21H,18-19H2,1H3. The van der Waals surface area contributed by atoms with E-state index < -0.39 is 0 Å². The third-order valence-corrected chi connectivity index (χ3v) is 8.23. The van der Waals surface area contributed by atoms with E-state index in [1.165, 1.54) is 11.3 Å². The number of hydrogen-bond acceptors (Lipinski definition) is 4. The zero-order valence-electron chi connectivity index (χ0n) is 21.3. The largest absolute Gasteiger partial charge is 0.492 e. The number of halogens is 1. The van der Waals surface area contributed by atoms with Gasteiger partial charge in [0.2, 0.25) is 0 Å². The number of benzene rings is 4. The molecule has 1 aromatic heterocycles.